The molecule has 1 aliphatic carbocycles. The van der Waals surface area contributed by atoms with Crippen molar-refractivity contribution in [3.05, 3.63) is 41.7 Å². The molecule has 1 saturated carbocycles. The average Bonchev–Trinajstić information content (AvgIpc) is 2.91. The van der Waals surface area contributed by atoms with Crippen LogP contribution in [0, 0.1) is 6.92 Å². The minimum atomic E-state index is -0.269. The molecule has 1 fully saturated rings. The zero-order valence-electron chi connectivity index (χ0n) is 17.0. The lowest BCUT2D eigenvalue weighted by Crippen LogP contribution is -2.22. The summed E-state index contributed by atoms with van der Waals surface area (Å²) in [5.41, 5.74) is 1.75. The Bertz CT molecular complexity index is 799. The summed E-state index contributed by atoms with van der Waals surface area (Å²) in [4.78, 5) is 21.8. The molecular weight excluding hydrogens is 352 g/mol. The van der Waals surface area contributed by atoms with Crippen LogP contribution in [0.4, 0.5) is 11.6 Å². The number of anilines is 2. The lowest BCUT2D eigenvalue weighted by Gasteiger charge is -2.17. The third-order valence-corrected chi connectivity index (χ3v) is 4.77. The third-order valence-electron chi connectivity index (χ3n) is 4.77. The van der Waals surface area contributed by atoms with E-state index in [1.165, 1.54) is 25.7 Å². The number of para-hydroxylation sites is 2. The Morgan fingerprint density at radius 3 is 2.54 bits per heavy atom. The standard InChI is InChI=1S/C22H30N4O2/c1-15(2)28-20-13-9-8-12-18(20)25-21(27)19-14-16(3)23-22(26-19)24-17-10-6-4-5-7-11-17/h8-9,12-15,17H,4-7,10-11H2,1-3H3,(H,25,27)(H,23,24,26). The summed E-state index contributed by atoms with van der Waals surface area (Å²) in [6, 6.07) is 9.51. The zero-order chi connectivity index (χ0) is 19.9. The van der Waals surface area contributed by atoms with Crippen LogP contribution in [0.3, 0.4) is 0 Å². The van der Waals surface area contributed by atoms with Crippen molar-refractivity contribution >= 4 is 17.5 Å². The van der Waals surface area contributed by atoms with E-state index in [-0.39, 0.29) is 12.0 Å². The van der Waals surface area contributed by atoms with Crippen molar-refractivity contribution in [3.63, 3.8) is 0 Å². The van der Waals surface area contributed by atoms with Gasteiger partial charge in [-0.2, -0.15) is 0 Å². The number of nitrogens with zero attached hydrogens (tertiary/aromatic N) is 2. The van der Waals surface area contributed by atoms with Gasteiger partial charge in [0, 0.05) is 11.7 Å². The van der Waals surface area contributed by atoms with E-state index < -0.39 is 0 Å². The summed E-state index contributed by atoms with van der Waals surface area (Å²) in [7, 11) is 0. The first-order valence-electron chi connectivity index (χ1n) is 10.2. The maximum Gasteiger partial charge on any atom is 0.274 e. The summed E-state index contributed by atoms with van der Waals surface area (Å²) < 4.78 is 5.78. The molecule has 3 rings (SSSR count). The van der Waals surface area contributed by atoms with E-state index in [1.54, 1.807) is 6.07 Å². The minimum Gasteiger partial charge on any atom is -0.489 e. The Morgan fingerprint density at radius 2 is 1.82 bits per heavy atom. The van der Waals surface area contributed by atoms with Crippen LogP contribution < -0.4 is 15.4 Å². The van der Waals surface area contributed by atoms with Gasteiger partial charge in [-0.1, -0.05) is 37.8 Å². The van der Waals surface area contributed by atoms with E-state index in [4.69, 9.17) is 4.74 Å². The summed E-state index contributed by atoms with van der Waals surface area (Å²) in [5.74, 6) is 0.909. The minimum absolute atomic E-state index is 0.0229. The normalized spacial score (nSPS) is 15.1. The van der Waals surface area contributed by atoms with Crippen LogP contribution in [-0.2, 0) is 0 Å². The molecule has 0 atom stereocenters. The molecule has 6 nitrogen and oxygen atoms in total. The predicted molar refractivity (Wildman–Crippen MR) is 112 cm³/mol. The van der Waals surface area contributed by atoms with E-state index in [1.807, 2.05) is 45.0 Å². The molecule has 150 valence electrons. The van der Waals surface area contributed by atoms with Crippen molar-refractivity contribution in [1.82, 2.24) is 9.97 Å². The van der Waals surface area contributed by atoms with Gasteiger partial charge in [-0.15, -0.1) is 0 Å². The van der Waals surface area contributed by atoms with Crippen LogP contribution in [0.2, 0.25) is 0 Å². The number of hydrogen-bond donors (Lipinski definition) is 2. The number of amides is 1. The number of aromatic nitrogens is 2. The molecule has 2 N–H and O–H groups in total. The maximum absolute atomic E-state index is 12.8. The number of nitrogens with one attached hydrogen (secondary N) is 2. The summed E-state index contributed by atoms with van der Waals surface area (Å²) >= 11 is 0. The molecule has 2 aromatic rings. The van der Waals surface area contributed by atoms with E-state index in [0.717, 1.165) is 18.5 Å². The highest BCUT2D eigenvalue weighted by atomic mass is 16.5. The molecule has 1 heterocycles. The topological polar surface area (TPSA) is 76.1 Å². The van der Waals surface area contributed by atoms with Crippen molar-refractivity contribution in [2.75, 3.05) is 10.6 Å². The third kappa shape index (κ3) is 5.68. The number of hydrogen-bond acceptors (Lipinski definition) is 5. The summed E-state index contributed by atoms with van der Waals surface area (Å²) in [6.45, 7) is 5.79. The van der Waals surface area contributed by atoms with Gasteiger partial charge in [0.2, 0.25) is 5.95 Å². The Kier molecular flexibility index (Phi) is 6.85. The van der Waals surface area contributed by atoms with Gasteiger partial charge in [-0.05, 0) is 51.8 Å². The van der Waals surface area contributed by atoms with E-state index >= 15 is 0 Å². The van der Waals surface area contributed by atoms with Crippen molar-refractivity contribution in [2.24, 2.45) is 0 Å². The SMILES string of the molecule is Cc1cc(C(=O)Nc2ccccc2OC(C)C)nc(NC2CCCCCC2)n1. The Balaban J connectivity index is 1.74. The van der Waals surface area contributed by atoms with Crippen LogP contribution in [0.15, 0.2) is 30.3 Å². The molecule has 1 amide bonds. The Morgan fingerprint density at radius 1 is 1.11 bits per heavy atom. The van der Waals surface area contributed by atoms with Gasteiger partial charge in [-0.3, -0.25) is 4.79 Å². The smallest absolute Gasteiger partial charge is 0.274 e. The van der Waals surface area contributed by atoms with Gasteiger partial charge in [0.15, 0.2) is 0 Å². The number of aryl methyl sites for hydroxylation is 1. The first-order chi connectivity index (χ1) is 13.5. The fourth-order valence-corrected chi connectivity index (χ4v) is 3.47. The number of carbonyl (C=O) groups excluding carboxylic acids is 1. The Labute approximate surface area is 167 Å². The first-order valence-corrected chi connectivity index (χ1v) is 10.2. The molecule has 1 aromatic carbocycles. The van der Waals surface area contributed by atoms with Crippen LogP contribution >= 0.6 is 0 Å². The van der Waals surface area contributed by atoms with Crippen molar-refractivity contribution in [3.8, 4) is 5.75 Å². The second kappa shape index (κ2) is 9.53. The number of benzene rings is 1. The highest BCUT2D eigenvalue weighted by molar-refractivity contribution is 6.03. The average molecular weight is 383 g/mol. The van der Waals surface area contributed by atoms with Crippen LogP contribution in [0.5, 0.6) is 5.75 Å². The second-order valence-electron chi connectivity index (χ2n) is 7.67. The van der Waals surface area contributed by atoms with Crippen LogP contribution in [0.25, 0.3) is 0 Å². The molecule has 0 spiro atoms. The fourth-order valence-electron chi connectivity index (χ4n) is 3.47. The lowest BCUT2D eigenvalue weighted by molar-refractivity contribution is 0.102. The molecule has 0 aliphatic heterocycles. The zero-order valence-corrected chi connectivity index (χ0v) is 17.0. The van der Waals surface area contributed by atoms with Crippen molar-refractivity contribution < 1.29 is 9.53 Å². The van der Waals surface area contributed by atoms with Gasteiger partial charge in [-0.25, -0.2) is 9.97 Å². The van der Waals surface area contributed by atoms with E-state index in [0.29, 0.717) is 29.1 Å². The van der Waals surface area contributed by atoms with Gasteiger partial charge < -0.3 is 15.4 Å². The Hall–Kier alpha value is -2.63. The number of rotatable bonds is 6. The summed E-state index contributed by atoms with van der Waals surface area (Å²) in [6.07, 6.45) is 7.30. The number of carbonyl (C=O) groups is 1. The lowest BCUT2D eigenvalue weighted by atomic mass is 10.1. The maximum atomic E-state index is 12.8. The van der Waals surface area contributed by atoms with E-state index in [2.05, 4.69) is 20.6 Å². The van der Waals surface area contributed by atoms with Gasteiger partial charge >= 0.3 is 0 Å². The van der Waals surface area contributed by atoms with Crippen molar-refractivity contribution in [1.29, 1.82) is 0 Å². The molecule has 1 aliphatic rings. The van der Waals surface area contributed by atoms with E-state index in [9.17, 15) is 4.79 Å². The van der Waals surface area contributed by atoms with Gasteiger partial charge in [0.1, 0.15) is 11.4 Å². The molecule has 0 saturated heterocycles. The second-order valence-corrected chi connectivity index (χ2v) is 7.67. The molecule has 1 aromatic heterocycles. The molecule has 6 heteroatoms. The quantitative estimate of drug-likeness (QED) is 0.691. The fraction of sp³-hybridized carbons (Fsp3) is 0.500. The number of ether oxygens (including phenoxy) is 1. The van der Waals surface area contributed by atoms with Gasteiger partial charge in [0.25, 0.3) is 5.91 Å². The van der Waals surface area contributed by atoms with Crippen LogP contribution in [0.1, 0.15) is 68.6 Å². The monoisotopic (exact) mass is 382 g/mol. The summed E-state index contributed by atoms with van der Waals surface area (Å²) in [5, 5.41) is 6.35. The first kappa shape index (κ1) is 20.1. The van der Waals surface area contributed by atoms with Gasteiger partial charge in [0.05, 0.1) is 11.8 Å². The molecule has 0 radical (unpaired) electrons. The van der Waals surface area contributed by atoms with Crippen LogP contribution in [-0.4, -0.2) is 28.0 Å². The molecule has 0 unspecified atom stereocenters. The molecule has 0 bridgehead atoms. The molecular formula is C22H30N4O2. The van der Waals surface area contributed by atoms with Crippen molar-refractivity contribution in [2.45, 2.75) is 71.4 Å². The highest BCUT2D eigenvalue weighted by Gasteiger charge is 2.17. The highest BCUT2D eigenvalue weighted by Crippen LogP contribution is 2.25. The molecule has 28 heavy (non-hydrogen) atoms. The predicted octanol–water partition coefficient (Wildman–Crippen LogP) is 4.96. The largest absolute Gasteiger partial charge is 0.489 e.